The first-order valence-electron chi connectivity index (χ1n) is 6.87. The molecule has 133 valence electrons. The lowest BCUT2D eigenvalue weighted by molar-refractivity contribution is -0.137. The number of alkyl halides is 3. The molecule has 2 amide bonds. The highest BCUT2D eigenvalue weighted by molar-refractivity contribution is 6.19. The van der Waals surface area contributed by atoms with Gasteiger partial charge in [-0.3, -0.25) is 0 Å². The number of amides is 2. The van der Waals surface area contributed by atoms with Gasteiger partial charge < -0.3 is 20.4 Å². The third-order valence-corrected chi connectivity index (χ3v) is 3.69. The van der Waals surface area contributed by atoms with Crippen molar-refractivity contribution in [2.24, 2.45) is 5.73 Å². The van der Waals surface area contributed by atoms with Crippen molar-refractivity contribution in [1.29, 1.82) is 0 Å². The first-order valence-corrected chi connectivity index (χ1v) is 6.87. The lowest BCUT2D eigenvalue weighted by Crippen LogP contribution is -2.41. The second kappa shape index (κ2) is 6.98. The molecule has 0 aromatic heterocycles. The summed E-state index contributed by atoms with van der Waals surface area (Å²) in [6.07, 6.45) is -4.60. The number of nitrogens with one attached hydrogen (secondary N) is 1. The van der Waals surface area contributed by atoms with Crippen LogP contribution in [0.5, 0.6) is 0 Å². The first-order chi connectivity index (χ1) is 10.8. The van der Waals surface area contributed by atoms with Gasteiger partial charge in [0.15, 0.2) is 0 Å². The van der Waals surface area contributed by atoms with Gasteiger partial charge in [-0.25, -0.2) is 9.18 Å². The summed E-state index contributed by atoms with van der Waals surface area (Å²) in [7, 11) is 1.42. The molecule has 1 aliphatic heterocycles. The number of nitrogens with two attached hydrogens (primary N) is 1. The molecule has 1 saturated heterocycles. The van der Waals surface area contributed by atoms with E-state index in [1.807, 2.05) is 27.7 Å². The van der Waals surface area contributed by atoms with Crippen LogP contribution in [0.1, 0.15) is 33.3 Å². The second-order valence-electron chi connectivity index (χ2n) is 6.03. The summed E-state index contributed by atoms with van der Waals surface area (Å²) in [6.45, 7) is 8.04. The summed E-state index contributed by atoms with van der Waals surface area (Å²) < 4.78 is 59.8. The molecule has 1 aromatic carbocycles. The zero-order valence-electron chi connectivity index (χ0n) is 13.6. The normalized spacial score (nSPS) is 18.2. The Morgan fingerprint density at radius 2 is 1.67 bits per heavy atom. The minimum atomic E-state index is -4.60. The van der Waals surface area contributed by atoms with Crippen LogP contribution in [0.4, 0.5) is 28.0 Å². The number of halogens is 4. The summed E-state index contributed by atoms with van der Waals surface area (Å²) >= 11 is 0. The Morgan fingerprint density at radius 1 is 1.17 bits per heavy atom. The highest BCUT2D eigenvalue weighted by atomic mass is 19.4. The predicted octanol–water partition coefficient (Wildman–Crippen LogP) is 3.46. The van der Waals surface area contributed by atoms with Gasteiger partial charge in [0, 0.05) is 0 Å². The minimum Gasteiger partial charge on any atom is -0.405 e. The van der Waals surface area contributed by atoms with E-state index in [1.54, 1.807) is 5.32 Å². The number of hydrogen-bond acceptors (Lipinski definition) is 3. The molecule has 24 heavy (non-hydrogen) atoms. The topological polar surface area (TPSA) is 73.6 Å². The van der Waals surface area contributed by atoms with Crippen molar-refractivity contribution >= 4 is 19.4 Å². The van der Waals surface area contributed by atoms with Gasteiger partial charge in [0.25, 0.3) is 0 Å². The summed E-state index contributed by atoms with van der Waals surface area (Å²) in [4.78, 5) is 10.3. The second-order valence-corrected chi connectivity index (χ2v) is 6.03. The van der Waals surface area contributed by atoms with E-state index in [-0.39, 0.29) is 11.2 Å². The largest absolute Gasteiger partial charge is 0.488 e. The number of anilines is 1. The van der Waals surface area contributed by atoms with Crippen LogP contribution in [0.2, 0.25) is 0 Å². The molecule has 10 heteroatoms. The van der Waals surface area contributed by atoms with Crippen LogP contribution in [0.3, 0.4) is 0 Å². The molecule has 0 spiro atoms. The van der Waals surface area contributed by atoms with Gasteiger partial charge in [0.1, 0.15) is 5.82 Å². The monoisotopic (exact) mass is 349 g/mol. The van der Waals surface area contributed by atoms with Gasteiger partial charge in [-0.05, 0) is 45.9 Å². The third-order valence-electron chi connectivity index (χ3n) is 3.69. The van der Waals surface area contributed by atoms with Crippen molar-refractivity contribution in [1.82, 2.24) is 0 Å². The van der Waals surface area contributed by atoms with E-state index in [0.717, 1.165) is 0 Å². The van der Waals surface area contributed by atoms with Gasteiger partial charge in [0.2, 0.25) is 0 Å². The van der Waals surface area contributed by atoms with E-state index >= 15 is 0 Å². The molecule has 0 saturated carbocycles. The average Bonchev–Trinajstić information content (AvgIpc) is 2.63. The van der Waals surface area contributed by atoms with Gasteiger partial charge >= 0.3 is 19.9 Å². The van der Waals surface area contributed by atoms with Gasteiger partial charge in [-0.1, -0.05) is 0 Å². The van der Waals surface area contributed by atoms with E-state index in [4.69, 9.17) is 9.31 Å². The summed E-state index contributed by atoms with van der Waals surface area (Å²) in [5.74, 6) is -0.984. The number of urea groups is 1. The van der Waals surface area contributed by atoms with Crippen LogP contribution in [0.25, 0.3) is 0 Å². The molecule has 1 aliphatic rings. The van der Waals surface area contributed by atoms with Crippen LogP contribution >= 0.6 is 0 Å². The highest BCUT2D eigenvalue weighted by Gasteiger charge is 2.44. The Kier molecular flexibility index (Phi) is 5.89. The standard InChI is InChI=1S/C8H6F4N2O.C6H12BO2/c9-5-2-1-4(8(10,11)12)3-6(5)14-7(13)15;1-5(2)6(3,4)9-7-8-5/h1-3H,(H3,13,14,15);1-4H3. The fraction of sp³-hybridized carbons (Fsp3) is 0.500. The van der Waals surface area contributed by atoms with Crippen molar-refractivity contribution in [3.63, 3.8) is 0 Å². The van der Waals surface area contributed by atoms with Crippen molar-refractivity contribution in [2.75, 3.05) is 5.32 Å². The van der Waals surface area contributed by atoms with Crippen molar-refractivity contribution in [2.45, 2.75) is 45.1 Å². The van der Waals surface area contributed by atoms with Gasteiger partial charge in [0.05, 0.1) is 22.5 Å². The molecule has 1 heterocycles. The van der Waals surface area contributed by atoms with E-state index in [9.17, 15) is 22.4 Å². The molecule has 0 atom stereocenters. The highest BCUT2D eigenvalue weighted by Crippen LogP contribution is 2.33. The van der Waals surface area contributed by atoms with Crippen LogP contribution in [-0.4, -0.2) is 24.9 Å². The lowest BCUT2D eigenvalue weighted by atomic mass is 9.90. The maximum absolute atomic E-state index is 12.9. The zero-order chi connectivity index (χ0) is 18.8. The Labute approximate surface area is 137 Å². The number of carbonyl (C=O) groups is 1. The number of rotatable bonds is 1. The number of carbonyl (C=O) groups excluding carboxylic acids is 1. The molecule has 5 nitrogen and oxygen atoms in total. The Bertz CT molecular complexity index is 592. The molecular formula is C14H18BF4N2O3. The first kappa shape index (κ1) is 20.2. The van der Waals surface area contributed by atoms with Gasteiger partial charge in [-0.2, -0.15) is 13.2 Å². The van der Waals surface area contributed by atoms with E-state index in [1.165, 1.54) is 7.69 Å². The molecule has 0 aliphatic carbocycles. The van der Waals surface area contributed by atoms with E-state index < -0.39 is 29.3 Å². The van der Waals surface area contributed by atoms with Crippen LogP contribution in [0.15, 0.2) is 18.2 Å². The summed E-state index contributed by atoms with van der Waals surface area (Å²) in [6, 6.07) is 0.517. The van der Waals surface area contributed by atoms with Crippen molar-refractivity contribution in [3.8, 4) is 0 Å². The van der Waals surface area contributed by atoms with E-state index in [0.29, 0.717) is 18.2 Å². The van der Waals surface area contributed by atoms with Gasteiger partial charge in [-0.15, -0.1) is 0 Å². The number of hydrogen-bond donors (Lipinski definition) is 2. The Balaban J connectivity index is 0.000000272. The molecule has 2 rings (SSSR count). The maximum Gasteiger partial charge on any atom is 0.488 e. The van der Waals surface area contributed by atoms with Crippen LogP contribution < -0.4 is 11.1 Å². The molecule has 1 aromatic rings. The SMILES string of the molecule is CC1(C)O[B]OC1(C)C.NC(=O)Nc1cc(C(F)(F)F)ccc1F. The quantitative estimate of drug-likeness (QED) is 0.602. The zero-order valence-corrected chi connectivity index (χ0v) is 13.6. The Hall–Kier alpha value is -1.81. The summed E-state index contributed by atoms with van der Waals surface area (Å²) in [5.41, 5.74) is 2.62. The van der Waals surface area contributed by atoms with Crippen molar-refractivity contribution in [3.05, 3.63) is 29.6 Å². The fourth-order valence-electron chi connectivity index (χ4n) is 1.48. The smallest absolute Gasteiger partial charge is 0.405 e. The van der Waals surface area contributed by atoms with Crippen molar-refractivity contribution < 1.29 is 31.7 Å². The lowest BCUT2D eigenvalue weighted by Gasteiger charge is -2.32. The fourth-order valence-corrected chi connectivity index (χ4v) is 1.48. The minimum absolute atomic E-state index is 0.187. The average molecular weight is 349 g/mol. The predicted molar refractivity (Wildman–Crippen MR) is 80.7 cm³/mol. The number of benzene rings is 1. The molecular weight excluding hydrogens is 331 g/mol. The summed E-state index contributed by atoms with van der Waals surface area (Å²) in [5, 5.41) is 1.75. The molecule has 1 fully saturated rings. The molecule has 1 radical (unpaired) electrons. The molecule has 3 N–H and O–H groups in total. The Morgan fingerprint density at radius 3 is 2.00 bits per heavy atom. The van der Waals surface area contributed by atoms with Crippen LogP contribution in [-0.2, 0) is 15.5 Å². The van der Waals surface area contributed by atoms with Crippen LogP contribution in [0, 0.1) is 5.82 Å². The third kappa shape index (κ3) is 5.10. The maximum atomic E-state index is 12.9. The molecule has 0 bridgehead atoms. The molecule has 0 unspecified atom stereocenters. The van der Waals surface area contributed by atoms with E-state index in [2.05, 4.69) is 5.73 Å². The number of primary amides is 1.